The average Bonchev–Trinajstić information content (AvgIpc) is 3.23. The van der Waals surface area contributed by atoms with Crippen LogP contribution in [0, 0.1) is 34.5 Å². The Morgan fingerprint density at radius 3 is 1.53 bits per heavy atom. The second kappa shape index (κ2) is 25.2. The smallest absolute Gasteiger partial charge is 0.293 e. The number of carbonyl (C=O) groups is 1. The molecule has 1 aromatic carbocycles. The fourth-order valence-corrected chi connectivity index (χ4v) is 13.4. The van der Waals surface area contributed by atoms with Crippen molar-refractivity contribution < 1.29 is 9.53 Å². The molecule has 4 aliphatic carbocycles. The summed E-state index contributed by atoms with van der Waals surface area (Å²) in [6.07, 6.45) is 51.2. The number of unbranched alkanes of at least 4 members (excludes halogenated alkanes) is 14. The molecule has 0 bridgehead atoms. The number of benzene rings is 1. The van der Waals surface area contributed by atoms with Gasteiger partial charge in [-0.1, -0.05) is 205 Å². The maximum atomic E-state index is 11.5. The van der Waals surface area contributed by atoms with E-state index < -0.39 is 0 Å². The van der Waals surface area contributed by atoms with Crippen molar-refractivity contribution in [2.45, 2.75) is 257 Å². The topological polar surface area (TPSA) is 26.3 Å². The highest BCUT2D eigenvalue weighted by Crippen LogP contribution is 2.63. The normalized spacial score (nSPS) is 29.1. The molecule has 1 atom stereocenters. The van der Waals surface area contributed by atoms with Gasteiger partial charge in [-0.3, -0.25) is 4.79 Å². The van der Waals surface area contributed by atoms with Gasteiger partial charge in [-0.2, -0.15) is 0 Å². The fraction of sp³-hybridized carbons (Fsp3) is 0.868. The minimum Gasteiger partial charge on any atom is -0.465 e. The largest absolute Gasteiger partial charge is 0.465 e. The second-order valence-electron chi connectivity index (χ2n) is 20.2. The predicted octanol–water partition coefficient (Wildman–Crippen LogP) is 16.9. The van der Waals surface area contributed by atoms with Crippen LogP contribution in [0.25, 0.3) is 0 Å². The molecule has 0 N–H and O–H groups in total. The Bertz CT molecular complexity index is 1100. The Hall–Kier alpha value is -1.31. The summed E-state index contributed by atoms with van der Waals surface area (Å²) in [4.78, 5) is 11.5. The van der Waals surface area contributed by atoms with Gasteiger partial charge in [0.2, 0.25) is 0 Å². The van der Waals surface area contributed by atoms with E-state index in [4.69, 9.17) is 4.74 Å². The van der Waals surface area contributed by atoms with Gasteiger partial charge < -0.3 is 4.74 Å². The minimum absolute atomic E-state index is 0.138. The van der Waals surface area contributed by atoms with Gasteiger partial charge in [0.1, 0.15) is 6.10 Å². The molecule has 0 radical (unpaired) electrons. The first kappa shape index (κ1) is 44.8. The molecule has 4 saturated carbocycles. The minimum atomic E-state index is 0.138. The summed E-state index contributed by atoms with van der Waals surface area (Å²) >= 11 is 0. The Morgan fingerprint density at radius 2 is 1.04 bits per heavy atom. The molecule has 0 spiro atoms. The molecule has 314 valence electrons. The number of hydrogen-bond acceptors (Lipinski definition) is 2. The zero-order chi connectivity index (χ0) is 38.4. The van der Waals surface area contributed by atoms with Crippen molar-refractivity contribution in [3.63, 3.8) is 0 Å². The van der Waals surface area contributed by atoms with Gasteiger partial charge in [0, 0.05) is 0 Å². The molecule has 2 nitrogen and oxygen atoms in total. The van der Waals surface area contributed by atoms with Gasteiger partial charge in [0.25, 0.3) is 6.47 Å². The lowest BCUT2D eigenvalue weighted by molar-refractivity contribution is -0.137. The van der Waals surface area contributed by atoms with Crippen molar-refractivity contribution in [1.82, 2.24) is 0 Å². The maximum absolute atomic E-state index is 11.5. The van der Waals surface area contributed by atoms with Gasteiger partial charge in [0.15, 0.2) is 0 Å². The Labute approximate surface area is 342 Å². The van der Waals surface area contributed by atoms with E-state index in [0.29, 0.717) is 16.7 Å². The van der Waals surface area contributed by atoms with Gasteiger partial charge in [0.05, 0.1) is 0 Å². The SMILES string of the molecule is CCCCCCCCCC[C@H]1CC[C@H](C2(CC(c3ccccc3)C3([C@H]4CC[C@H](CCCCCCCCCC)CC4)CCCCC3)CCC(OC=O)CC2)CC1. The van der Waals surface area contributed by atoms with Crippen molar-refractivity contribution in [2.75, 3.05) is 0 Å². The maximum Gasteiger partial charge on any atom is 0.293 e. The summed E-state index contributed by atoms with van der Waals surface area (Å²) in [7, 11) is 0. The van der Waals surface area contributed by atoms with Crippen molar-refractivity contribution in [3.05, 3.63) is 35.9 Å². The molecule has 0 heterocycles. The van der Waals surface area contributed by atoms with Crippen LogP contribution in [0.2, 0.25) is 0 Å². The van der Waals surface area contributed by atoms with Gasteiger partial charge >= 0.3 is 0 Å². The monoisotopic (exact) mass is 759 g/mol. The van der Waals surface area contributed by atoms with E-state index in [0.717, 1.165) is 43.0 Å². The Kier molecular flexibility index (Phi) is 20.5. The van der Waals surface area contributed by atoms with Crippen molar-refractivity contribution >= 4 is 6.47 Å². The number of rotatable bonds is 26. The third-order valence-electron chi connectivity index (χ3n) is 16.8. The second-order valence-corrected chi connectivity index (χ2v) is 20.2. The van der Waals surface area contributed by atoms with Crippen LogP contribution in [-0.4, -0.2) is 12.6 Å². The molecule has 0 amide bonds. The van der Waals surface area contributed by atoms with Gasteiger partial charge in [-0.25, -0.2) is 0 Å². The Morgan fingerprint density at radius 1 is 0.564 bits per heavy atom. The third kappa shape index (κ3) is 13.9. The lowest BCUT2D eigenvalue weighted by Crippen LogP contribution is -2.46. The third-order valence-corrected chi connectivity index (χ3v) is 16.8. The van der Waals surface area contributed by atoms with Crippen LogP contribution in [0.3, 0.4) is 0 Å². The van der Waals surface area contributed by atoms with Crippen LogP contribution in [-0.2, 0) is 9.53 Å². The quantitative estimate of drug-likeness (QED) is 0.0695. The molecule has 1 unspecified atom stereocenters. The summed E-state index contributed by atoms with van der Waals surface area (Å²) in [5.74, 6) is 4.34. The number of hydrogen-bond donors (Lipinski definition) is 0. The van der Waals surface area contributed by atoms with Crippen molar-refractivity contribution in [3.8, 4) is 0 Å². The summed E-state index contributed by atoms with van der Waals surface area (Å²) in [5.41, 5.74) is 2.52. The van der Waals surface area contributed by atoms with Crippen LogP contribution < -0.4 is 0 Å². The highest BCUT2D eigenvalue weighted by Gasteiger charge is 2.52. The van der Waals surface area contributed by atoms with Crippen LogP contribution in [0.15, 0.2) is 30.3 Å². The van der Waals surface area contributed by atoms with E-state index in [9.17, 15) is 4.79 Å². The molecule has 0 aromatic heterocycles. The summed E-state index contributed by atoms with van der Waals surface area (Å²) in [6, 6.07) is 12.1. The Balaban J connectivity index is 1.24. The van der Waals surface area contributed by atoms with Gasteiger partial charge in [-0.05, 0) is 117 Å². The van der Waals surface area contributed by atoms with E-state index in [2.05, 4.69) is 44.2 Å². The van der Waals surface area contributed by atoms with Crippen LogP contribution in [0.1, 0.15) is 256 Å². The van der Waals surface area contributed by atoms with Crippen molar-refractivity contribution in [1.29, 1.82) is 0 Å². The molecular formula is C53H90O2. The summed E-state index contributed by atoms with van der Waals surface area (Å²) in [5, 5.41) is 0. The van der Waals surface area contributed by atoms with E-state index in [-0.39, 0.29) is 6.10 Å². The van der Waals surface area contributed by atoms with E-state index in [1.54, 1.807) is 5.56 Å². The number of ether oxygens (including phenoxy) is 1. The molecule has 5 rings (SSSR count). The van der Waals surface area contributed by atoms with Crippen LogP contribution in [0.5, 0.6) is 0 Å². The molecule has 55 heavy (non-hydrogen) atoms. The molecular weight excluding hydrogens is 669 g/mol. The first-order valence-corrected chi connectivity index (χ1v) is 25.3. The van der Waals surface area contributed by atoms with E-state index >= 15 is 0 Å². The molecule has 0 aliphatic heterocycles. The predicted molar refractivity (Wildman–Crippen MR) is 237 cm³/mol. The zero-order valence-corrected chi connectivity index (χ0v) is 36.7. The fourth-order valence-electron chi connectivity index (χ4n) is 13.4. The zero-order valence-electron chi connectivity index (χ0n) is 36.7. The lowest BCUT2D eigenvalue weighted by atomic mass is 9.49. The number of carbonyl (C=O) groups excluding carboxylic acids is 1. The molecule has 0 saturated heterocycles. The first-order chi connectivity index (χ1) is 27.1. The molecule has 4 aliphatic rings. The molecule has 2 heteroatoms. The van der Waals surface area contributed by atoms with E-state index in [1.807, 2.05) is 0 Å². The molecule has 4 fully saturated rings. The standard InChI is InChI=1S/C53H90O2/c1-3-5-7-9-11-13-15-19-25-45-29-33-48(34-30-45)52(41-37-50(38-42-52)55-44-54)43-51(47-27-21-17-22-28-47)53(39-23-18-24-40-53)49-35-31-46(32-36-49)26-20-16-14-12-10-8-6-4-2/h17,21-22,27-28,44-46,48-51H,3-16,18-20,23-26,29-43H2,1-2H3/t45-,46-,48-,49-,50?,51?,52?. The van der Waals surface area contributed by atoms with Gasteiger partial charge in [-0.15, -0.1) is 0 Å². The van der Waals surface area contributed by atoms with E-state index in [1.165, 1.54) is 218 Å². The highest BCUT2D eigenvalue weighted by molar-refractivity contribution is 5.37. The van der Waals surface area contributed by atoms with Crippen molar-refractivity contribution in [2.24, 2.45) is 34.5 Å². The lowest BCUT2D eigenvalue weighted by Gasteiger charge is -2.56. The molecule has 1 aromatic rings. The summed E-state index contributed by atoms with van der Waals surface area (Å²) < 4.78 is 5.68. The average molecular weight is 759 g/mol. The first-order valence-electron chi connectivity index (χ1n) is 25.3. The van der Waals surface area contributed by atoms with Crippen LogP contribution in [0.4, 0.5) is 0 Å². The highest BCUT2D eigenvalue weighted by atomic mass is 16.5. The summed E-state index contributed by atoms with van der Waals surface area (Å²) in [6.45, 7) is 5.39. The van der Waals surface area contributed by atoms with Crippen LogP contribution >= 0.6 is 0 Å².